The molecule has 1 unspecified atom stereocenters. The van der Waals surface area contributed by atoms with E-state index in [0.717, 1.165) is 13.0 Å². The monoisotopic (exact) mass is 229 g/mol. The third-order valence-electron chi connectivity index (χ3n) is 3.13. The van der Waals surface area contributed by atoms with Crippen LogP contribution in [0.3, 0.4) is 0 Å². The van der Waals surface area contributed by atoms with E-state index in [1.54, 1.807) is 0 Å². The van der Waals surface area contributed by atoms with Crippen LogP contribution in [0.4, 0.5) is 0 Å². The lowest BCUT2D eigenvalue weighted by molar-refractivity contribution is 0.567. The molecule has 17 heavy (non-hydrogen) atoms. The van der Waals surface area contributed by atoms with Crippen LogP contribution in [0.25, 0.3) is 0 Å². The van der Waals surface area contributed by atoms with Crippen molar-refractivity contribution in [1.29, 1.82) is 0 Å². The van der Waals surface area contributed by atoms with Crippen molar-refractivity contribution in [2.75, 3.05) is 7.05 Å². The minimum atomic E-state index is 0.391. The Morgan fingerprint density at radius 1 is 1.29 bits per heavy atom. The number of pyridine rings is 1. The summed E-state index contributed by atoms with van der Waals surface area (Å²) in [5.41, 5.74) is 2.67. The summed E-state index contributed by atoms with van der Waals surface area (Å²) in [5.74, 6) is 0. The maximum absolute atomic E-state index is 4.03. The molecule has 0 saturated heterocycles. The van der Waals surface area contributed by atoms with Crippen molar-refractivity contribution < 1.29 is 0 Å². The summed E-state index contributed by atoms with van der Waals surface area (Å²) in [6, 6.07) is 8.82. The molecule has 0 aromatic carbocycles. The molecular weight excluding hydrogens is 210 g/mol. The van der Waals surface area contributed by atoms with Gasteiger partial charge in [0.1, 0.15) is 0 Å². The first-order valence-corrected chi connectivity index (χ1v) is 6.02. The highest BCUT2D eigenvalue weighted by atomic mass is 15.0. The highest BCUT2D eigenvalue weighted by molar-refractivity contribution is 5.13. The molecule has 3 nitrogen and oxygen atoms in total. The van der Waals surface area contributed by atoms with Crippen molar-refractivity contribution in [1.82, 2.24) is 14.9 Å². The number of nitrogens with one attached hydrogen (secondary N) is 1. The fraction of sp³-hybridized carbons (Fsp3) is 0.357. The number of aryl methyl sites for hydroxylation is 2. The van der Waals surface area contributed by atoms with Crippen molar-refractivity contribution in [2.24, 2.45) is 0 Å². The normalized spacial score (nSPS) is 12.6. The molecule has 90 valence electrons. The topological polar surface area (TPSA) is 29.9 Å². The molecule has 3 heteroatoms. The predicted octanol–water partition coefficient (Wildman–Crippen LogP) is 2.41. The van der Waals surface area contributed by atoms with E-state index >= 15 is 0 Å². The molecule has 0 aliphatic heterocycles. The van der Waals surface area contributed by atoms with Gasteiger partial charge in [0.15, 0.2) is 0 Å². The predicted molar refractivity (Wildman–Crippen MR) is 69.8 cm³/mol. The van der Waals surface area contributed by atoms with E-state index < -0.39 is 0 Å². The van der Waals surface area contributed by atoms with E-state index in [1.165, 1.54) is 11.3 Å². The Hall–Kier alpha value is -1.61. The fourth-order valence-electron chi connectivity index (χ4n) is 1.97. The first-order chi connectivity index (χ1) is 8.31. The number of rotatable bonds is 5. The number of aromatic nitrogens is 2. The Morgan fingerprint density at radius 3 is 2.76 bits per heavy atom. The number of nitrogens with zero attached hydrogens (tertiary/aromatic N) is 2. The smallest absolute Gasteiger partial charge is 0.0443 e. The maximum atomic E-state index is 4.03. The second kappa shape index (κ2) is 5.64. The first-order valence-electron chi connectivity index (χ1n) is 6.02. The largest absolute Gasteiger partial charge is 0.350 e. The Morgan fingerprint density at radius 2 is 2.06 bits per heavy atom. The van der Waals surface area contributed by atoms with Gasteiger partial charge < -0.3 is 9.88 Å². The standard InChI is InChI=1S/C14H19N3/c1-12(15-2)14-4-3-10-17(14)11-7-13-5-8-16-9-6-13/h3-6,8-10,12,15H,7,11H2,1-2H3. The van der Waals surface area contributed by atoms with Gasteiger partial charge in [-0.2, -0.15) is 0 Å². The molecule has 0 bridgehead atoms. The molecule has 0 saturated carbocycles. The molecule has 2 aromatic heterocycles. The van der Waals surface area contributed by atoms with Gasteiger partial charge in [0, 0.05) is 36.9 Å². The summed E-state index contributed by atoms with van der Waals surface area (Å²) < 4.78 is 2.31. The van der Waals surface area contributed by atoms with E-state index in [0.29, 0.717) is 6.04 Å². The Bertz CT molecular complexity index is 448. The van der Waals surface area contributed by atoms with Crippen molar-refractivity contribution in [2.45, 2.75) is 25.9 Å². The number of hydrogen-bond donors (Lipinski definition) is 1. The van der Waals surface area contributed by atoms with Crippen LogP contribution in [0.1, 0.15) is 24.2 Å². The lowest BCUT2D eigenvalue weighted by atomic mass is 10.2. The van der Waals surface area contributed by atoms with Gasteiger partial charge in [-0.15, -0.1) is 0 Å². The third kappa shape index (κ3) is 2.94. The van der Waals surface area contributed by atoms with Gasteiger partial charge in [-0.25, -0.2) is 0 Å². The first kappa shape index (κ1) is 11.9. The van der Waals surface area contributed by atoms with Crippen molar-refractivity contribution in [3.8, 4) is 0 Å². The van der Waals surface area contributed by atoms with Crippen molar-refractivity contribution in [3.05, 3.63) is 54.1 Å². The summed E-state index contributed by atoms with van der Waals surface area (Å²) in [7, 11) is 1.99. The Balaban J connectivity index is 2.02. The molecule has 0 amide bonds. The van der Waals surface area contributed by atoms with Crippen LogP contribution in [-0.4, -0.2) is 16.6 Å². The average Bonchev–Trinajstić information content (AvgIpc) is 2.85. The number of hydrogen-bond acceptors (Lipinski definition) is 2. The summed E-state index contributed by atoms with van der Waals surface area (Å²) in [4.78, 5) is 4.03. The third-order valence-corrected chi connectivity index (χ3v) is 3.13. The molecule has 2 aromatic rings. The highest BCUT2D eigenvalue weighted by Crippen LogP contribution is 2.13. The molecule has 2 rings (SSSR count). The average molecular weight is 229 g/mol. The zero-order chi connectivity index (χ0) is 12.1. The zero-order valence-corrected chi connectivity index (χ0v) is 10.4. The lowest BCUT2D eigenvalue weighted by Gasteiger charge is -2.14. The quantitative estimate of drug-likeness (QED) is 0.853. The summed E-state index contributed by atoms with van der Waals surface area (Å²) in [6.45, 7) is 3.19. The Labute approximate surface area is 103 Å². The SMILES string of the molecule is CNC(C)c1cccn1CCc1ccncc1. The van der Waals surface area contributed by atoms with E-state index in [4.69, 9.17) is 0 Å². The van der Waals surface area contributed by atoms with Gasteiger partial charge in [-0.05, 0) is 50.2 Å². The van der Waals surface area contributed by atoms with Gasteiger partial charge in [-0.1, -0.05) is 0 Å². The van der Waals surface area contributed by atoms with Gasteiger partial charge in [0.2, 0.25) is 0 Å². The van der Waals surface area contributed by atoms with Crippen LogP contribution < -0.4 is 5.32 Å². The molecule has 0 radical (unpaired) electrons. The molecule has 1 atom stereocenters. The van der Waals surface area contributed by atoms with Crippen LogP contribution in [0.2, 0.25) is 0 Å². The molecule has 2 heterocycles. The highest BCUT2D eigenvalue weighted by Gasteiger charge is 2.07. The van der Waals surface area contributed by atoms with Gasteiger partial charge >= 0.3 is 0 Å². The zero-order valence-electron chi connectivity index (χ0n) is 10.4. The van der Waals surface area contributed by atoms with Crippen LogP contribution in [0.5, 0.6) is 0 Å². The minimum Gasteiger partial charge on any atom is -0.350 e. The lowest BCUT2D eigenvalue weighted by Crippen LogP contribution is -2.17. The maximum Gasteiger partial charge on any atom is 0.0443 e. The van der Waals surface area contributed by atoms with Gasteiger partial charge in [0.05, 0.1) is 0 Å². The molecule has 0 spiro atoms. The van der Waals surface area contributed by atoms with Crippen LogP contribution in [0.15, 0.2) is 42.9 Å². The fourth-order valence-corrected chi connectivity index (χ4v) is 1.97. The minimum absolute atomic E-state index is 0.391. The van der Waals surface area contributed by atoms with Crippen LogP contribution in [0, 0.1) is 0 Å². The molecule has 1 N–H and O–H groups in total. The Kier molecular flexibility index (Phi) is 3.94. The molecule has 0 aliphatic rings. The summed E-state index contributed by atoms with van der Waals surface area (Å²) in [6.07, 6.45) is 6.88. The molecule has 0 aliphatic carbocycles. The van der Waals surface area contributed by atoms with Gasteiger partial charge in [-0.3, -0.25) is 4.98 Å². The van der Waals surface area contributed by atoms with Crippen LogP contribution >= 0.6 is 0 Å². The molecule has 0 fully saturated rings. The molecular formula is C14H19N3. The second-order valence-electron chi connectivity index (χ2n) is 4.24. The van der Waals surface area contributed by atoms with E-state index in [9.17, 15) is 0 Å². The van der Waals surface area contributed by atoms with E-state index in [2.05, 4.69) is 52.3 Å². The summed E-state index contributed by atoms with van der Waals surface area (Å²) in [5, 5.41) is 3.28. The van der Waals surface area contributed by atoms with Crippen LogP contribution in [-0.2, 0) is 13.0 Å². The van der Waals surface area contributed by atoms with Crippen molar-refractivity contribution >= 4 is 0 Å². The van der Waals surface area contributed by atoms with E-state index in [1.807, 2.05) is 19.4 Å². The van der Waals surface area contributed by atoms with Gasteiger partial charge in [0.25, 0.3) is 0 Å². The van der Waals surface area contributed by atoms with E-state index in [-0.39, 0.29) is 0 Å². The summed E-state index contributed by atoms with van der Waals surface area (Å²) >= 11 is 0. The van der Waals surface area contributed by atoms with Crippen molar-refractivity contribution in [3.63, 3.8) is 0 Å². The second-order valence-corrected chi connectivity index (χ2v) is 4.24.